The van der Waals surface area contributed by atoms with Crippen molar-refractivity contribution in [3.05, 3.63) is 296 Å². The number of aryl methyl sites for hydroxylation is 2. The Labute approximate surface area is 532 Å². The Kier molecular flexibility index (Phi) is 11.6. The van der Waals surface area contributed by atoms with Gasteiger partial charge in [-0.25, -0.2) is 15.0 Å². The van der Waals surface area contributed by atoms with E-state index in [1.807, 2.05) is 59.1 Å². The van der Waals surface area contributed by atoms with Crippen molar-refractivity contribution in [3.63, 3.8) is 0 Å². The number of thiophene rings is 2. The number of para-hydroxylation sites is 3. The van der Waals surface area contributed by atoms with Gasteiger partial charge in [0.15, 0.2) is 17.5 Å². The van der Waals surface area contributed by atoms with Crippen LogP contribution < -0.4 is 4.90 Å². The molecule has 6 nitrogen and oxygen atoms in total. The minimum absolute atomic E-state index is 0.236. The summed E-state index contributed by atoms with van der Waals surface area (Å²) in [5.41, 5.74) is 20.6. The predicted octanol–water partition coefficient (Wildman–Crippen LogP) is 22.5. The lowest BCUT2D eigenvalue weighted by Gasteiger charge is -2.28. The third-order valence-corrected chi connectivity index (χ3v) is 21.4. The molecular formula is C83H54N6S2. The molecule has 0 saturated heterocycles. The van der Waals surface area contributed by atoms with Gasteiger partial charge in [0.05, 0.1) is 33.8 Å². The van der Waals surface area contributed by atoms with Gasteiger partial charge in [-0.2, -0.15) is 0 Å². The van der Waals surface area contributed by atoms with Crippen LogP contribution in [-0.4, -0.2) is 30.1 Å². The van der Waals surface area contributed by atoms with Crippen LogP contribution in [0.4, 0.5) is 11.4 Å². The van der Waals surface area contributed by atoms with Gasteiger partial charge in [0, 0.05) is 102 Å². The smallest absolute Gasteiger partial charge is 0.164 e. The number of rotatable bonds is 8. The van der Waals surface area contributed by atoms with Crippen molar-refractivity contribution >= 4 is 118 Å². The van der Waals surface area contributed by atoms with E-state index in [2.05, 4.69) is 271 Å². The number of fused-ring (bicyclic) bond motifs is 15. The zero-order chi connectivity index (χ0) is 60.0. The first-order valence-corrected chi connectivity index (χ1v) is 32.8. The molecule has 0 spiro atoms. The number of allylic oxidation sites excluding steroid dienone is 2. The van der Waals surface area contributed by atoms with Gasteiger partial charge in [0.1, 0.15) is 0 Å². The molecule has 0 N–H and O–H groups in total. The van der Waals surface area contributed by atoms with Crippen LogP contribution in [0, 0.1) is 13.8 Å². The summed E-state index contributed by atoms with van der Waals surface area (Å²) in [6.07, 6.45) is 9.12. The largest absolute Gasteiger partial charge is 0.333 e. The van der Waals surface area contributed by atoms with Gasteiger partial charge >= 0.3 is 0 Å². The van der Waals surface area contributed by atoms with Crippen molar-refractivity contribution in [2.45, 2.75) is 25.8 Å². The highest BCUT2D eigenvalue weighted by atomic mass is 32.1. The number of anilines is 2. The van der Waals surface area contributed by atoms with Crippen LogP contribution in [-0.2, 0) is 0 Å². The molecule has 8 heteroatoms. The van der Waals surface area contributed by atoms with Crippen molar-refractivity contribution < 1.29 is 0 Å². The molecule has 2 unspecified atom stereocenters. The van der Waals surface area contributed by atoms with E-state index in [1.54, 1.807) is 0 Å². The molecule has 91 heavy (non-hydrogen) atoms. The fourth-order valence-electron chi connectivity index (χ4n) is 15.0. The molecule has 6 heterocycles. The Morgan fingerprint density at radius 2 is 0.758 bits per heavy atom. The van der Waals surface area contributed by atoms with Gasteiger partial charge in [-0.15, -0.1) is 22.7 Å². The first-order chi connectivity index (χ1) is 44.9. The molecule has 12 aromatic carbocycles. The van der Waals surface area contributed by atoms with Crippen molar-refractivity contribution in [2.24, 2.45) is 0 Å². The Morgan fingerprint density at radius 1 is 0.319 bits per heavy atom. The summed E-state index contributed by atoms with van der Waals surface area (Å²) in [5, 5.41) is 10.0. The molecule has 17 aromatic rings. The van der Waals surface area contributed by atoms with Crippen molar-refractivity contribution in [2.75, 3.05) is 4.90 Å². The topological polar surface area (TPSA) is 51.8 Å². The molecule has 428 valence electrons. The summed E-state index contributed by atoms with van der Waals surface area (Å²) < 4.78 is 10.1. The van der Waals surface area contributed by atoms with E-state index in [4.69, 9.17) is 15.0 Å². The minimum atomic E-state index is 0.236. The number of nitrogens with zero attached hydrogens (tertiary/aromatic N) is 6. The Balaban J connectivity index is 0.776. The third kappa shape index (κ3) is 8.19. The van der Waals surface area contributed by atoms with Crippen LogP contribution >= 0.6 is 22.7 Å². The lowest BCUT2D eigenvalue weighted by atomic mass is 9.91. The zero-order valence-electron chi connectivity index (χ0n) is 49.7. The molecule has 2 atom stereocenters. The van der Waals surface area contributed by atoms with E-state index >= 15 is 0 Å². The molecule has 19 rings (SSSR count). The maximum Gasteiger partial charge on any atom is 0.164 e. The summed E-state index contributed by atoms with van der Waals surface area (Å²) in [6, 6.07) is 94.1. The maximum absolute atomic E-state index is 5.19. The van der Waals surface area contributed by atoms with Gasteiger partial charge < -0.3 is 14.0 Å². The number of hydrogen-bond donors (Lipinski definition) is 0. The van der Waals surface area contributed by atoms with Gasteiger partial charge in [-0.05, 0) is 156 Å². The molecular weight excluding hydrogens is 1150 g/mol. The molecule has 0 amide bonds. The zero-order valence-corrected chi connectivity index (χ0v) is 51.3. The highest BCUT2D eigenvalue weighted by molar-refractivity contribution is 7.26. The lowest BCUT2D eigenvalue weighted by Crippen LogP contribution is -2.28. The Bertz CT molecular complexity index is 5830. The fourth-order valence-corrected chi connectivity index (χ4v) is 17.1. The van der Waals surface area contributed by atoms with E-state index in [0.29, 0.717) is 23.4 Å². The summed E-state index contributed by atoms with van der Waals surface area (Å²) in [6.45, 7) is 4.48. The Hall–Kier alpha value is -11.0. The molecule has 0 radical (unpaired) electrons. The molecule has 0 saturated carbocycles. The minimum Gasteiger partial charge on any atom is -0.333 e. The molecule has 0 bridgehead atoms. The first-order valence-electron chi connectivity index (χ1n) is 31.1. The van der Waals surface area contributed by atoms with Crippen LogP contribution in [0.15, 0.2) is 279 Å². The van der Waals surface area contributed by atoms with Gasteiger partial charge in [-0.1, -0.05) is 176 Å². The lowest BCUT2D eigenvalue weighted by molar-refractivity contribution is 0.745. The van der Waals surface area contributed by atoms with E-state index in [9.17, 15) is 0 Å². The van der Waals surface area contributed by atoms with Crippen LogP contribution in [0.2, 0.25) is 0 Å². The quantitative estimate of drug-likeness (QED) is 0.152. The van der Waals surface area contributed by atoms with Gasteiger partial charge in [-0.3, -0.25) is 0 Å². The monoisotopic (exact) mass is 1200 g/mol. The molecule has 2 aliphatic rings. The van der Waals surface area contributed by atoms with Gasteiger partial charge in [0.25, 0.3) is 0 Å². The number of hydrogen-bond acceptors (Lipinski definition) is 6. The fraction of sp³-hybridized carbons (Fsp3) is 0.0482. The summed E-state index contributed by atoms with van der Waals surface area (Å²) in [7, 11) is 0. The second-order valence-electron chi connectivity index (χ2n) is 24.4. The third-order valence-electron chi connectivity index (χ3n) is 19.1. The molecule has 0 fully saturated rings. The highest BCUT2D eigenvalue weighted by Crippen LogP contribution is 2.50. The van der Waals surface area contributed by atoms with Crippen LogP contribution in [0.1, 0.15) is 22.6 Å². The number of benzene rings is 12. The van der Waals surface area contributed by atoms with E-state index in [0.717, 1.165) is 55.8 Å². The van der Waals surface area contributed by atoms with Gasteiger partial charge in [0.2, 0.25) is 0 Å². The van der Waals surface area contributed by atoms with Crippen molar-refractivity contribution in [1.29, 1.82) is 0 Å². The molecule has 1 aliphatic carbocycles. The SMILES string of the molecule is Cc1cc(-c2nc(-c3ccccc3)nc(-c3ccccc3)n2)cc(C)c1-n1c2cc(-c3ccc4sc5ccc(N6c7ccccc7C7C=CC=CC76)cc5c4c3)ccc2c2ccc(-c3ccc4sc5ccc(-n6c7ccccc7c7ccccc76)cc5c4c3)cc21. The average Bonchev–Trinajstić information content (AvgIpc) is 1.76. The highest BCUT2D eigenvalue weighted by Gasteiger charge is 2.37. The average molecular weight is 1200 g/mol. The normalized spacial score (nSPS) is 14.6. The van der Waals surface area contributed by atoms with Crippen LogP contribution in [0.3, 0.4) is 0 Å². The second-order valence-corrected chi connectivity index (χ2v) is 26.5. The van der Waals surface area contributed by atoms with E-state index in [1.165, 1.54) is 107 Å². The Morgan fingerprint density at radius 3 is 1.34 bits per heavy atom. The first kappa shape index (κ1) is 52.0. The summed E-state index contributed by atoms with van der Waals surface area (Å²) in [4.78, 5) is 18.0. The molecule has 5 aromatic heterocycles. The van der Waals surface area contributed by atoms with Crippen LogP contribution in [0.5, 0.6) is 0 Å². The summed E-state index contributed by atoms with van der Waals surface area (Å²) >= 11 is 3.74. The maximum atomic E-state index is 5.19. The second kappa shape index (κ2) is 20.3. The predicted molar refractivity (Wildman–Crippen MR) is 384 cm³/mol. The summed E-state index contributed by atoms with van der Waals surface area (Å²) in [5.74, 6) is 2.24. The van der Waals surface area contributed by atoms with E-state index < -0.39 is 0 Å². The molecule has 1 aliphatic heterocycles. The van der Waals surface area contributed by atoms with E-state index in [-0.39, 0.29) is 6.04 Å². The number of aromatic nitrogens is 5. The van der Waals surface area contributed by atoms with Crippen LogP contribution in [0.25, 0.3) is 152 Å². The standard InChI is InChI=1S/C83H54N6S2/c1-49-41-57(83-85-81(51-17-5-3-6-18-51)84-82(86-83)52-19-7-4-8-20-52)42-50(2)80(49)89-74-45-55(53-31-37-76-66(43-53)68-47-58(33-39-78(68)90-76)87-70-25-13-9-21-60(70)61-22-10-14-26-71(61)87)29-35-64(74)65-36-30-56(46-75(65)89)54-32-38-77-67(44-54)69-48-59(34-40-79(69)91-77)88-72-27-15-11-23-62(72)63-24-12-16-28-73(63)88/h3-48,60,70H,1-2H3. The van der Waals surface area contributed by atoms with Crippen molar-refractivity contribution in [3.8, 4) is 67.8 Å². The van der Waals surface area contributed by atoms with Crippen molar-refractivity contribution in [1.82, 2.24) is 24.1 Å².